The highest BCUT2D eigenvalue weighted by Gasteiger charge is 2.16. The number of halogens is 1. The summed E-state index contributed by atoms with van der Waals surface area (Å²) in [5.41, 5.74) is 4.69. The van der Waals surface area contributed by atoms with Gasteiger partial charge in [0.25, 0.3) is 5.91 Å². The fraction of sp³-hybridized carbons (Fsp3) is 0.158. The van der Waals surface area contributed by atoms with E-state index in [9.17, 15) is 4.79 Å². The average molecular weight is 432 g/mol. The summed E-state index contributed by atoms with van der Waals surface area (Å²) >= 11 is 3.45. The van der Waals surface area contributed by atoms with Crippen LogP contribution in [0.15, 0.2) is 46.1 Å². The Kier molecular flexibility index (Phi) is 5.66. The molecule has 27 heavy (non-hydrogen) atoms. The maximum absolute atomic E-state index is 12.4. The number of aromatic amines is 1. The van der Waals surface area contributed by atoms with Crippen LogP contribution in [0.4, 0.5) is 0 Å². The predicted molar refractivity (Wildman–Crippen MR) is 107 cm³/mol. The van der Waals surface area contributed by atoms with Crippen molar-refractivity contribution in [2.24, 2.45) is 5.10 Å². The molecule has 3 aromatic rings. The number of rotatable bonds is 6. The minimum absolute atomic E-state index is 0.336. The number of hydrogen-bond donors (Lipinski definition) is 2. The maximum Gasteiger partial charge on any atom is 0.271 e. The zero-order chi connectivity index (χ0) is 19.4. The van der Waals surface area contributed by atoms with Crippen LogP contribution in [0.5, 0.6) is 17.2 Å². The molecule has 8 heteroatoms. The SMILES string of the molecule is COc1cc(C(=O)N/N=C/c2c[nH]c3ccc(Br)cc23)cc(OC)c1OC. The number of hydrogen-bond acceptors (Lipinski definition) is 5. The van der Waals surface area contributed by atoms with E-state index in [1.807, 2.05) is 24.4 Å². The number of nitrogens with zero attached hydrogens (tertiary/aromatic N) is 1. The Balaban J connectivity index is 1.81. The van der Waals surface area contributed by atoms with E-state index in [0.717, 1.165) is 20.9 Å². The van der Waals surface area contributed by atoms with Gasteiger partial charge in [0.1, 0.15) is 0 Å². The number of aromatic nitrogens is 1. The molecular formula is C19H18BrN3O4. The van der Waals surface area contributed by atoms with Gasteiger partial charge in [0.05, 0.1) is 27.5 Å². The highest BCUT2D eigenvalue weighted by Crippen LogP contribution is 2.38. The minimum atomic E-state index is -0.397. The van der Waals surface area contributed by atoms with Crippen molar-refractivity contribution in [2.45, 2.75) is 0 Å². The van der Waals surface area contributed by atoms with E-state index >= 15 is 0 Å². The van der Waals surface area contributed by atoms with Crippen molar-refractivity contribution in [3.8, 4) is 17.2 Å². The second kappa shape index (κ2) is 8.13. The first-order chi connectivity index (χ1) is 13.1. The molecule has 0 atom stereocenters. The summed E-state index contributed by atoms with van der Waals surface area (Å²) in [5.74, 6) is 0.816. The molecule has 0 unspecified atom stereocenters. The number of benzene rings is 2. The number of nitrogens with one attached hydrogen (secondary N) is 2. The van der Waals surface area contributed by atoms with Crippen LogP contribution in [-0.4, -0.2) is 38.4 Å². The molecule has 1 amide bonds. The van der Waals surface area contributed by atoms with E-state index in [2.05, 4.69) is 31.4 Å². The molecule has 2 N–H and O–H groups in total. The average Bonchev–Trinajstić information content (AvgIpc) is 3.08. The van der Waals surface area contributed by atoms with Crippen molar-refractivity contribution in [2.75, 3.05) is 21.3 Å². The predicted octanol–water partition coefficient (Wildman–Crippen LogP) is 3.72. The lowest BCUT2D eigenvalue weighted by atomic mass is 10.1. The van der Waals surface area contributed by atoms with E-state index in [0.29, 0.717) is 22.8 Å². The molecule has 0 spiro atoms. The summed E-state index contributed by atoms with van der Waals surface area (Å²) in [6, 6.07) is 9.02. The van der Waals surface area contributed by atoms with E-state index in [-0.39, 0.29) is 0 Å². The Hall–Kier alpha value is -3.00. The lowest BCUT2D eigenvalue weighted by molar-refractivity contribution is 0.0954. The Bertz CT molecular complexity index is 988. The zero-order valence-electron chi connectivity index (χ0n) is 15.0. The second-order valence-corrected chi connectivity index (χ2v) is 6.46. The maximum atomic E-state index is 12.4. The smallest absolute Gasteiger partial charge is 0.271 e. The first-order valence-electron chi connectivity index (χ1n) is 7.97. The van der Waals surface area contributed by atoms with E-state index in [1.165, 1.54) is 21.3 Å². The molecule has 0 bridgehead atoms. The summed E-state index contributed by atoms with van der Waals surface area (Å²) in [6.45, 7) is 0. The van der Waals surface area contributed by atoms with Gasteiger partial charge in [-0.05, 0) is 30.3 Å². The molecule has 0 saturated carbocycles. The van der Waals surface area contributed by atoms with Gasteiger partial charge in [-0.2, -0.15) is 5.10 Å². The van der Waals surface area contributed by atoms with Crippen LogP contribution in [0.2, 0.25) is 0 Å². The number of amides is 1. The topological polar surface area (TPSA) is 84.9 Å². The number of carbonyl (C=O) groups excluding carboxylic acids is 1. The molecule has 7 nitrogen and oxygen atoms in total. The van der Waals surface area contributed by atoms with Gasteiger partial charge < -0.3 is 19.2 Å². The second-order valence-electron chi connectivity index (χ2n) is 5.55. The number of H-pyrrole nitrogens is 1. The molecule has 0 aliphatic rings. The first kappa shape index (κ1) is 18.8. The lowest BCUT2D eigenvalue weighted by Gasteiger charge is -2.13. The highest BCUT2D eigenvalue weighted by atomic mass is 79.9. The Morgan fingerprint density at radius 2 is 1.81 bits per heavy atom. The van der Waals surface area contributed by atoms with E-state index in [4.69, 9.17) is 14.2 Å². The van der Waals surface area contributed by atoms with Gasteiger partial charge in [-0.15, -0.1) is 0 Å². The van der Waals surface area contributed by atoms with Gasteiger partial charge in [0, 0.05) is 32.7 Å². The molecular weight excluding hydrogens is 414 g/mol. The van der Waals surface area contributed by atoms with Crippen molar-refractivity contribution >= 4 is 39.0 Å². The first-order valence-corrected chi connectivity index (χ1v) is 8.76. The normalized spacial score (nSPS) is 11.0. The van der Waals surface area contributed by atoms with Crippen molar-refractivity contribution in [3.05, 3.63) is 52.1 Å². The number of hydrazone groups is 1. The fourth-order valence-electron chi connectivity index (χ4n) is 2.66. The van der Waals surface area contributed by atoms with Gasteiger partial charge in [0.2, 0.25) is 5.75 Å². The van der Waals surface area contributed by atoms with Crippen LogP contribution < -0.4 is 19.6 Å². The lowest BCUT2D eigenvalue weighted by Crippen LogP contribution is -2.18. The van der Waals surface area contributed by atoms with Crippen molar-refractivity contribution in [3.63, 3.8) is 0 Å². The third kappa shape index (κ3) is 3.90. The quantitative estimate of drug-likeness (QED) is 0.460. The molecule has 3 rings (SSSR count). The summed E-state index contributed by atoms with van der Waals surface area (Å²) in [5, 5.41) is 5.05. The molecule has 1 heterocycles. The summed E-state index contributed by atoms with van der Waals surface area (Å²) in [7, 11) is 4.49. The van der Waals surface area contributed by atoms with Crippen LogP contribution in [0, 0.1) is 0 Å². The number of carbonyl (C=O) groups is 1. The fourth-order valence-corrected chi connectivity index (χ4v) is 3.02. The molecule has 0 aliphatic carbocycles. The zero-order valence-corrected chi connectivity index (χ0v) is 16.6. The molecule has 140 valence electrons. The van der Waals surface area contributed by atoms with Crippen LogP contribution in [0.3, 0.4) is 0 Å². The molecule has 1 aromatic heterocycles. The third-order valence-corrected chi connectivity index (χ3v) is 4.47. The van der Waals surface area contributed by atoms with Crippen LogP contribution in [0.25, 0.3) is 10.9 Å². The van der Waals surface area contributed by atoms with Gasteiger partial charge in [-0.3, -0.25) is 4.79 Å². The van der Waals surface area contributed by atoms with Crippen molar-refractivity contribution < 1.29 is 19.0 Å². The molecule has 0 aliphatic heterocycles. The summed E-state index contributed by atoms with van der Waals surface area (Å²) < 4.78 is 16.7. The number of ether oxygens (including phenoxy) is 3. The van der Waals surface area contributed by atoms with Crippen LogP contribution in [-0.2, 0) is 0 Å². The van der Waals surface area contributed by atoms with Gasteiger partial charge in [-0.25, -0.2) is 5.43 Å². The van der Waals surface area contributed by atoms with Gasteiger partial charge in [0.15, 0.2) is 11.5 Å². The summed E-state index contributed by atoms with van der Waals surface area (Å²) in [6.07, 6.45) is 3.41. The van der Waals surface area contributed by atoms with Crippen LogP contribution >= 0.6 is 15.9 Å². The van der Waals surface area contributed by atoms with Crippen LogP contribution in [0.1, 0.15) is 15.9 Å². The molecule has 2 aromatic carbocycles. The van der Waals surface area contributed by atoms with E-state index in [1.54, 1.807) is 18.3 Å². The Labute approximate surface area is 164 Å². The van der Waals surface area contributed by atoms with E-state index < -0.39 is 5.91 Å². The monoisotopic (exact) mass is 431 g/mol. The molecule has 0 fully saturated rings. The Morgan fingerprint density at radius 3 is 2.44 bits per heavy atom. The minimum Gasteiger partial charge on any atom is -0.493 e. The van der Waals surface area contributed by atoms with Crippen molar-refractivity contribution in [1.82, 2.24) is 10.4 Å². The van der Waals surface area contributed by atoms with Gasteiger partial charge >= 0.3 is 0 Å². The number of fused-ring (bicyclic) bond motifs is 1. The molecule has 0 radical (unpaired) electrons. The van der Waals surface area contributed by atoms with Gasteiger partial charge in [-0.1, -0.05) is 15.9 Å². The standard InChI is InChI=1S/C19H18BrN3O4/c1-25-16-6-11(7-17(26-2)18(16)27-3)19(24)23-22-10-12-9-21-15-5-4-13(20)8-14(12)15/h4-10,21H,1-3H3,(H,23,24)/b22-10+. The number of methoxy groups -OCH3 is 3. The largest absolute Gasteiger partial charge is 0.493 e. The third-order valence-electron chi connectivity index (χ3n) is 3.97. The highest BCUT2D eigenvalue weighted by molar-refractivity contribution is 9.10. The Morgan fingerprint density at radius 1 is 1.11 bits per heavy atom. The molecule has 0 saturated heterocycles. The van der Waals surface area contributed by atoms with Crippen molar-refractivity contribution in [1.29, 1.82) is 0 Å². The summed E-state index contributed by atoms with van der Waals surface area (Å²) in [4.78, 5) is 15.6.